The van der Waals surface area contributed by atoms with Crippen molar-refractivity contribution >= 4 is 11.8 Å². The monoisotopic (exact) mass is 463 g/mol. The summed E-state index contributed by atoms with van der Waals surface area (Å²) in [5, 5.41) is 23.7. The molecule has 2 amide bonds. The molecule has 0 spiro atoms. The molecule has 1 rings (SSSR count). The van der Waals surface area contributed by atoms with E-state index in [0.717, 1.165) is 17.5 Å². The van der Waals surface area contributed by atoms with E-state index in [1.165, 1.54) is 0 Å². The van der Waals surface area contributed by atoms with Crippen LogP contribution in [0.4, 0.5) is 0 Å². The number of nitrogens with two attached hydrogens (primary N) is 2. The minimum Gasteiger partial charge on any atom is -0.508 e. The molecule has 0 fully saturated rings. The minimum absolute atomic E-state index is 0.0000281. The topological polar surface area (TPSA) is 139 Å². The molecule has 1 aromatic rings. The Balaban J connectivity index is 2.79. The van der Waals surface area contributed by atoms with Crippen molar-refractivity contribution in [2.45, 2.75) is 79.9 Å². The Morgan fingerprint density at radius 1 is 1.09 bits per heavy atom. The summed E-state index contributed by atoms with van der Waals surface area (Å²) in [6.45, 7) is 13.5. The molecule has 4 atom stereocenters. The number of rotatable bonds is 13. The lowest BCUT2D eigenvalue weighted by Crippen LogP contribution is -2.46. The first-order chi connectivity index (χ1) is 15.2. The summed E-state index contributed by atoms with van der Waals surface area (Å²) >= 11 is 0. The maximum atomic E-state index is 12.8. The molecular weight excluding hydrogens is 418 g/mol. The summed E-state index contributed by atoms with van der Waals surface area (Å²) in [4.78, 5) is 24.3. The molecule has 0 radical (unpaired) electrons. The highest BCUT2D eigenvalue weighted by Gasteiger charge is 2.32. The molecular formula is C26H45N3O4. The van der Waals surface area contributed by atoms with E-state index in [9.17, 15) is 19.8 Å². The van der Waals surface area contributed by atoms with Crippen LogP contribution in [0.15, 0.2) is 18.2 Å². The Labute approximate surface area is 199 Å². The molecule has 1 aromatic carbocycles. The van der Waals surface area contributed by atoms with Gasteiger partial charge in [0.2, 0.25) is 11.8 Å². The number of aryl methyl sites for hydroxylation is 1. The number of aliphatic hydroxyl groups excluding tert-OH is 1. The number of aromatic hydroxyl groups is 1. The van der Waals surface area contributed by atoms with E-state index in [1.807, 2.05) is 32.9 Å². The van der Waals surface area contributed by atoms with E-state index in [2.05, 4.69) is 19.2 Å². The van der Waals surface area contributed by atoms with Crippen molar-refractivity contribution in [1.29, 1.82) is 0 Å². The van der Waals surface area contributed by atoms with Gasteiger partial charge in [0.05, 0.1) is 11.5 Å². The first-order valence-corrected chi connectivity index (χ1v) is 12.0. The van der Waals surface area contributed by atoms with Gasteiger partial charge >= 0.3 is 0 Å². The Hall–Kier alpha value is -2.12. The Morgan fingerprint density at radius 3 is 2.18 bits per heavy atom. The summed E-state index contributed by atoms with van der Waals surface area (Å²) in [5.74, 6) is -0.272. The van der Waals surface area contributed by atoms with Crippen LogP contribution in [-0.4, -0.2) is 40.7 Å². The second kappa shape index (κ2) is 12.4. The number of phenolic OH excluding ortho intramolecular Hbond substituents is 1. The van der Waals surface area contributed by atoms with Gasteiger partial charge in [-0.15, -0.1) is 0 Å². The highest BCUT2D eigenvalue weighted by Crippen LogP contribution is 2.27. The molecule has 33 heavy (non-hydrogen) atoms. The van der Waals surface area contributed by atoms with Gasteiger partial charge in [-0.05, 0) is 75.0 Å². The van der Waals surface area contributed by atoms with Gasteiger partial charge in [0.25, 0.3) is 0 Å². The van der Waals surface area contributed by atoms with Crippen LogP contribution >= 0.6 is 0 Å². The number of primary amides is 1. The normalized spacial score (nSPS) is 15.8. The first-order valence-electron chi connectivity index (χ1n) is 12.0. The molecule has 0 aliphatic carbocycles. The maximum Gasteiger partial charge on any atom is 0.224 e. The highest BCUT2D eigenvalue weighted by molar-refractivity contribution is 5.83. The van der Waals surface area contributed by atoms with Crippen LogP contribution in [0.1, 0.15) is 65.5 Å². The molecule has 0 aromatic heterocycles. The summed E-state index contributed by atoms with van der Waals surface area (Å²) < 4.78 is 0. The van der Waals surface area contributed by atoms with Gasteiger partial charge in [-0.2, -0.15) is 0 Å². The predicted molar refractivity (Wildman–Crippen MR) is 132 cm³/mol. The predicted octanol–water partition coefficient (Wildman–Crippen LogP) is 2.88. The van der Waals surface area contributed by atoms with Crippen molar-refractivity contribution in [3.05, 3.63) is 29.3 Å². The molecule has 0 aliphatic rings. The second-order valence-corrected chi connectivity index (χ2v) is 10.8. The molecule has 7 nitrogen and oxygen atoms in total. The molecule has 0 aliphatic heterocycles. The SMILES string of the molecule is Cc1ccc(CC(C[C@H](N)[C@@H](O)C[C@H](C(=O)NCC(C)(C)C(N)=O)C(C)C)C(C)C)cc1O. The van der Waals surface area contributed by atoms with E-state index < -0.39 is 29.4 Å². The number of benzene rings is 1. The van der Waals surface area contributed by atoms with Crippen molar-refractivity contribution in [2.75, 3.05) is 6.54 Å². The van der Waals surface area contributed by atoms with E-state index in [-0.39, 0.29) is 36.5 Å². The fourth-order valence-electron chi connectivity index (χ4n) is 3.83. The van der Waals surface area contributed by atoms with E-state index in [1.54, 1.807) is 19.9 Å². The number of nitrogens with one attached hydrogen (secondary N) is 1. The maximum absolute atomic E-state index is 12.8. The van der Waals surface area contributed by atoms with E-state index in [0.29, 0.717) is 12.3 Å². The lowest BCUT2D eigenvalue weighted by Gasteiger charge is -2.30. The van der Waals surface area contributed by atoms with Gasteiger partial charge in [-0.3, -0.25) is 9.59 Å². The quantitative estimate of drug-likeness (QED) is 0.306. The highest BCUT2D eigenvalue weighted by atomic mass is 16.3. The fourth-order valence-corrected chi connectivity index (χ4v) is 3.83. The zero-order valence-electron chi connectivity index (χ0n) is 21.4. The molecule has 0 saturated carbocycles. The fraction of sp³-hybridized carbons (Fsp3) is 0.692. The second-order valence-electron chi connectivity index (χ2n) is 10.8. The van der Waals surface area contributed by atoms with Crippen LogP contribution in [0, 0.1) is 36.0 Å². The van der Waals surface area contributed by atoms with Gasteiger partial charge in [-0.25, -0.2) is 0 Å². The van der Waals surface area contributed by atoms with Crippen molar-refractivity contribution in [2.24, 2.45) is 40.6 Å². The van der Waals surface area contributed by atoms with Crippen molar-refractivity contribution in [1.82, 2.24) is 5.32 Å². The number of amides is 2. The molecule has 0 bridgehead atoms. The Bertz CT molecular complexity index is 792. The molecule has 7 N–H and O–H groups in total. The molecule has 1 unspecified atom stereocenters. The lowest BCUT2D eigenvalue weighted by molar-refractivity contribution is -0.130. The van der Waals surface area contributed by atoms with Crippen LogP contribution in [0.25, 0.3) is 0 Å². The zero-order valence-corrected chi connectivity index (χ0v) is 21.4. The van der Waals surface area contributed by atoms with Crippen LogP contribution in [0.5, 0.6) is 5.75 Å². The Morgan fingerprint density at radius 2 is 1.70 bits per heavy atom. The van der Waals surface area contributed by atoms with Gasteiger partial charge < -0.3 is 27.0 Å². The van der Waals surface area contributed by atoms with Gasteiger partial charge in [0.1, 0.15) is 5.75 Å². The lowest BCUT2D eigenvalue weighted by atomic mass is 9.80. The number of carbonyl (C=O) groups is 2. The number of phenols is 1. The summed E-state index contributed by atoms with van der Waals surface area (Å²) in [7, 11) is 0. The molecule has 0 saturated heterocycles. The van der Waals surface area contributed by atoms with Crippen LogP contribution in [-0.2, 0) is 16.0 Å². The third kappa shape index (κ3) is 8.97. The number of aliphatic hydroxyl groups is 1. The molecule has 7 heteroatoms. The smallest absolute Gasteiger partial charge is 0.224 e. The number of hydrogen-bond acceptors (Lipinski definition) is 5. The third-order valence-corrected chi connectivity index (χ3v) is 6.79. The summed E-state index contributed by atoms with van der Waals surface area (Å²) in [6, 6.07) is 5.23. The largest absolute Gasteiger partial charge is 0.508 e. The minimum atomic E-state index is -0.846. The molecule has 0 heterocycles. The molecule has 188 valence electrons. The van der Waals surface area contributed by atoms with Crippen LogP contribution in [0.2, 0.25) is 0 Å². The van der Waals surface area contributed by atoms with Crippen molar-refractivity contribution in [3.8, 4) is 5.75 Å². The summed E-state index contributed by atoms with van der Waals surface area (Å²) in [5.41, 5.74) is 12.8. The zero-order chi connectivity index (χ0) is 25.5. The first kappa shape index (κ1) is 28.9. The van der Waals surface area contributed by atoms with Gasteiger partial charge in [-0.1, -0.05) is 39.8 Å². The third-order valence-electron chi connectivity index (χ3n) is 6.79. The average molecular weight is 464 g/mol. The van der Waals surface area contributed by atoms with Crippen molar-refractivity contribution in [3.63, 3.8) is 0 Å². The van der Waals surface area contributed by atoms with E-state index >= 15 is 0 Å². The van der Waals surface area contributed by atoms with Crippen LogP contribution in [0.3, 0.4) is 0 Å². The van der Waals surface area contributed by atoms with Crippen LogP contribution < -0.4 is 16.8 Å². The van der Waals surface area contributed by atoms with E-state index in [4.69, 9.17) is 11.5 Å². The number of carbonyl (C=O) groups excluding carboxylic acids is 2. The van der Waals surface area contributed by atoms with Gasteiger partial charge in [0.15, 0.2) is 0 Å². The standard InChI is InChI=1S/C26H45N3O4/c1-15(2)19(10-18-9-8-17(5)22(30)11-18)12-21(27)23(31)13-20(16(3)4)24(32)29-14-26(6,7)25(28)33/h8-9,11,15-16,19-21,23,30-31H,10,12-14,27H2,1-7H3,(H2,28,33)(H,29,32)/t19?,20-,21-,23-/m0/s1. The van der Waals surface area contributed by atoms with Gasteiger partial charge in [0, 0.05) is 18.5 Å². The number of hydrogen-bond donors (Lipinski definition) is 5. The summed E-state index contributed by atoms with van der Waals surface area (Å²) in [6.07, 6.45) is 0.772. The van der Waals surface area contributed by atoms with Crippen molar-refractivity contribution < 1.29 is 19.8 Å². The Kier molecular flexibility index (Phi) is 10.8. The average Bonchev–Trinajstić information content (AvgIpc) is 2.71.